The first-order valence-electron chi connectivity index (χ1n) is 12.1. The van der Waals surface area contributed by atoms with Crippen molar-refractivity contribution in [2.75, 3.05) is 0 Å². The van der Waals surface area contributed by atoms with Gasteiger partial charge in [-0.05, 0) is 58.4 Å². The number of benzene rings is 3. The third kappa shape index (κ3) is 4.63. The standard InChI is InChI=1S/C29H24.2C2H6.2CH4/c1-5-8-25-21(4)24-9-6-7-10-26(24)29(25)27-17-19(2)11-13-22(27)15-16-23-14-12-20(3)18-28(23)29;2*1-2;;/h5-18H,1,4H2,2-3H3;2*1-2H3;2*1H4/b25-8+;;;;. The highest BCUT2D eigenvalue weighted by molar-refractivity contribution is 5.96. The zero-order chi connectivity index (χ0) is 24.2. The van der Waals surface area contributed by atoms with Crippen LogP contribution in [0.4, 0.5) is 0 Å². The fraction of sp³-hybridized carbons (Fsp3) is 0.257. The molecule has 3 aromatic carbocycles. The summed E-state index contributed by atoms with van der Waals surface area (Å²) in [6, 6.07) is 22.3. The summed E-state index contributed by atoms with van der Waals surface area (Å²) < 4.78 is 0. The fourth-order valence-corrected chi connectivity index (χ4v) is 5.12. The fourth-order valence-electron chi connectivity index (χ4n) is 5.12. The van der Waals surface area contributed by atoms with Gasteiger partial charge in [-0.3, -0.25) is 0 Å². The smallest absolute Gasteiger partial charge is 0.0725 e. The quantitative estimate of drug-likeness (QED) is 0.336. The van der Waals surface area contributed by atoms with Crippen LogP contribution in [0.15, 0.2) is 91.5 Å². The molecule has 0 saturated carbocycles. The molecule has 5 rings (SSSR count). The summed E-state index contributed by atoms with van der Waals surface area (Å²) in [4.78, 5) is 0. The third-order valence-electron chi connectivity index (χ3n) is 6.34. The normalized spacial score (nSPS) is 14.5. The third-order valence-corrected chi connectivity index (χ3v) is 6.34. The van der Waals surface area contributed by atoms with Crippen LogP contribution in [0.2, 0.25) is 0 Å². The zero-order valence-electron chi connectivity index (χ0n) is 21.0. The predicted octanol–water partition coefficient (Wildman–Crippen LogP) is 10.6. The van der Waals surface area contributed by atoms with Gasteiger partial charge in [0.1, 0.15) is 0 Å². The molecule has 0 N–H and O–H groups in total. The van der Waals surface area contributed by atoms with Crippen LogP contribution < -0.4 is 0 Å². The first-order valence-corrected chi connectivity index (χ1v) is 12.1. The number of allylic oxidation sites excluding steroid dienone is 4. The van der Waals surface area contributed by atoms with Crippen LogP contribution in [0.25, 0.3) is 17.7 Å². The maximum atomic E-state index is 4.53. The van der Waals surface area contributed by atoms with Crippen molar-refractivity contribution in [3.8, 4) is 0 Å². The van der Waals surface area contributed by atoms with E-state index in [1.807, 2.05) is 33.8 Å². The zero-order valence-corrected chi connectivity index (χ0v) is 21.0. The second-order valence-corrected chi connectivity index (χ2v) is 8.10. The molecule has 0 radical (unpaired) electrons. The lowest BCUT2D eigenvalue weighted by atomic mass is 9.65. The van der Waals surface area contributed by atoms with Gasteiger partial charge in [-0.15, -0.1) is 0 Å². The Kier molecular flexibility index (Phi) is 10.5. The second kappa shape index (κ2) is 12.4. The lowest BCUT2D eigenvalue weighted by Crippen LogP contribution is -2.30. The molecule has 2 aliphatic rings. The van der Waals surface area contributed by atoms with E-state index in [0.29, 0.717) is 0 Å². The van der Waals surface area contributed by atoms with E-state index in [-0.39, 0.29) is 14.9 Å². The van der Waals surface area contributed by atoms with E-state index in [0.717, 1.165) is 5.57 Å². The summed E-state index contributed by atoms with van der Waals surface area (Å²) in [7, 11) is 0. The highest BCUT2D eigenvalue weighted by Gasteiger charge is 2.49. The molecule has 0 unspecified atom stereocenters. The lowest BCUT2D eigenvalue weighted by Gasteiger charge is -2.36. The Labute approximate surface area is 215 Å². The second-order valence-electron chi connectivity index (χ2n) is 8.10. The molecule has 1 spiro atoms. The Balaban J connectivity index is 0.000000973. The molecule has 2 aliphatic carbocycles. The van der Waals surface area contributed by atoms with E-state index >= 15 is 0 Å². The molecule has 0 saturated heterocycles. The van der Waals surface area contributed by atoms with E-state index in [4.69, 9.17) is 0 Å². The van der Waals surface area contributed by atoms with Crippen LogP contribution in [0.5, 0.6) is 0 Å². The molecule has 35 heavy (non-hydrogen) atoms. The largest absolute Gasteiger partial charge is 0.0991 e. The summed E-state index contributed by atoms with van der Waals surface area (Å²) in [6.07, 6.45) is 8.57. The predicted molar refractivity (Wildman–Crippen MR) is 161 cm³/mol. The number of hydrogen-bond donors (Lipinski definition) is 0. The van der Waals surface area contributed by atoms with E-state index in [9.17, 15) is 0 Å². The van der Waals surface area contributed by atoms with Crippen molar-refractivity contribution in [1.82, 2.24) is 0 Å². The highest BCUT2D eigenvalue weighted by Crippen LogP contribution is 2.59. The molecule has 0 nitrogen and oxygen atoms in total. The Morgan fingerprint density at radius 1 is 0.686 bits per heavy atom. The minimum atomic E-state index is -0.395. The number of aryl methyl sites for hydroxylation is 2. The van der Waals surface area contributed by atoms with Crippen LogP contribution in [0.1, 0.15) is 87.1 Å². The van der Waals surface area contributed by atoms with Gasteiger partial charge in [0.15, 0.2) is 0 Å². The monoisotopic (exact) mass is 464 g/mol. The van der Waals surface area contributed by atoms with Crippen molar-refractivity contribution >= 4 is 17.7 Å². The van der Waals surface area contributed by atoms with Gasteiger partial charge in [-0.25, -0.2) is 0 Å². The van der Waals surface area contributed by atoms with Crippen LogP contribution in [-0.2, 0) is 5.41 Å². The average molecular weight is 465 g/mol. The SMILES string of the molecule is C.C.C=C/C=C1\C(=C)c2ccccc2C12c1cc(C)ccc1C=Cc1ccc(C)cc12.CC.CC. The molecule has 0 heteroatoms. The molecule has 0 heterocycles. The summed E-state index contributed by atoms with van der Waals surface area (Å²) in [5.74, 6) is 0. The molecular formula is C35H44. The first kappa shape index (κ1) is 29.7. The Morgan fingerprint density at radius 2 is 1.17 bits per heavy atom. The van der Waals surface area contributed by atoms with Crippen LogP contribution in [-0.4, -0.2) is 0 Å². The van der Waals surface area contributed by atoms with Crippen LogP contribution in [0, 0.1) is 13.8 Å². The Hall–Kier alpha value is -3.38. The van der Waals surface area contributed by atoms with Crippen LogP contribution in [0.3, 0.4) is 0 Å². The molecule has 0 atom stereocenters. The molecule has 3 aromatic rings. The van der Waals surface area contributed by atoms with Crippen LogP contribution >= 0.6 is 0 Å². The molecule has 0 bridgehead atoms. The molecule has 0 aliphatic heterocycles. The number of rotatable bonds is 1. The van der Waals surface area contributed by atoms with E-state index in [1.54, 1.807) is 0 Å². The Morgan fingerprint density at radius 3 is 1.66 bits per heavy atom. The molecule has 0 aromatic heterocycles. The maximum absolute atomic E-state index is 4.53. The van der Waals surface area contributed by atoms with Gasteiger partial charge in [0.2, 0.25) is 0 Å². The van der Waals surface area contributed by atoms with Gasteiger partial charge in [0.05, 0.1) is 5.41 Å². The number of hydrogen-bond acceptors (Lipinski definition) is 0. The number of fused-ring (bicyclic) bond motifs is 6. The summed E-state index contributed by atoms with van der Waals surface area (Å²) in [6.45, 7) is 20.9. The van der Waals surface area contributed by atoms with Crippen molar-refractivity contribution in [3.05, 3.63) is 136 Å². The molecule has 0 amide bonds. The Bertz CT molecular complexity index is 1190. The summed E-state index contributed by atoms with van der Waals surface area (Å²) in [5.41, 5.74) is 12.1. The topological polar surface area (TPSA) is 0 Å². The van der Waals surface area contributed by atoms with Crippen molar-refractivity contribution < 1.29 is 0 Å². The lowest BCUT2D eigenvalue weighted by molar-refractivity contribution is 0.765. The maximum Gasteiger partial charge on any atom is 0.0725 e. The molecule has 184 valence electrons. The summed E-state index contributed by atoms with van der Waals surface area (Å²) >= 11 is 0. The average Bonchev–Trinajstić information content (AvgIpc) is 3.01. The van der Waals surface area contributed by atoms with Gasteiger partial charge in [0, 0.05) is 0 Å². The van der Waals surface area contributed by atoms with Crippen molar-refractivity contribution in [3.63, 3.8) is 0 Å². The van der Waals surface area contributed by atoms with E-state index in [2.05, 4.69) is 106 Å². The van der Waals surface area contributed by atoms with Gasteiger partial charge in [-0.1, -0.05) is 152 Å². The van der Waals surface area contributed by atoms with Gasteiger partial charge in [-0.2, -0.15) is 0 Å². The van der Waals surface area contributed by atoms with Gasteiger partial charge >= 0.3 is 0 Å². The summed E-state index contributed by atoms with van der Waals surface area (Å²) in [5, 5.41) is 0. The van der Waals surface area contributed by atoms with Gasteiger partial charge < -0.3 is 0 Å². The van der Waals surface area contributed by atoms with Crippen molar-refractivity contribution in [2.45, 2.75) is 61.8 Å². The van der Waals surface area contributed by atoms with E-state index < -0.39 is 5.41 Å². The van der Waals surface area contributed by atoms with Crippen molar-refractivity contribution in [2.24, 2.45) is 0 Å². The first-order chi connectivity index (χ1) is 16.1. The van der Waals surface area contributed by atoms with Crippen molar-refractivity contribution in [1.29, 1.82) is 0 Å². The molecular weight excluding hydrogens is 420 g/mol. The highest BCUT2D eigenvalue weighted by atomic mass is 14.5. The van der Waals surface area contributed by atoms with Gasteiger partial charge in [0.25, 0.3) is 0 Å². The van der Waals surface area contributed by atoms with E-state index in [1.165, 1.54) is 50.1 Å². The molecule has 0 fully saturated rings. The minimum Gasteiger partial charge on any atom is -0.0991 e. The minimum absolute atomic E-state index is 0.